The van der Waals surface area contributed by atoms with Crippen molar-refractivity contribution in [2.45, 2.75) is 33.1 Å². The maximum absolute atomic E-state index is 3.56. The summed E-state index contributed by atoms with van der Waals surface area (Å²) in [7, 11) is 0. The lowest BCUT2D eigenvalue weighted by molar-refractivity contribution is 0.574. The fourth-order valence-corrected chi connectivity index (χ4v) is 2.02. The third-order valence-corrected chi connectivity index (χ3v) is 3.56. The Kier molecular flexibility index (Phi) is 2.42. The summed E-state index contributed by atoms with van der Waals surface area (Å²) in [4.78, 5) is 3.47. The van der Waals surface area contributed by atoms with E-state index in [0.717, 1.165) is 4.47 Å². The maximum Gasteiger partial charge on any atom is 0.0467 e. The minimum Gasteiger partial charge on any atom is -0.358 e. The number of rotatable bonds is 0. The van der Waals surface area contributed by atoms with Crippen molar-refractivity contribution in [3.8, 4) is 0 Å². The van der Waals surface area contributed by atoms with Gasteiger partial charge >= 0.3 is 0 Å². The van der Waals surface area contributed by atoms with Crippen LogP contribution in [0, 0.1) is 6.92 Å². The number of aromatic amines is 1. The van der Waals surface area contributed by atoms with Gasteiger partial charge in [0.1, 0.15) is 0 Å². The van der Waals surface area contributed by atoms with E-state index in [1.807, 2.05) is 0 Å². The molecule has 0 spiro atoms. The molecule has 0 aliphatic rings. The van der Waals surface area contributed by atoms with Gasteiger partial charge in [0.25, 0.3) is 0 Å². The van der Waals surface area contributed by atoms with Gasteiger partial charge in [-0.2, -0.15) is 0 Å². The molecule has 1 aromatic heterocycles. The molecule has 2 rings (SSSR count). The predicted molar refractivity (Wildman–Crippen MR) is 69.4 cm³/mol. The third-order valence-electron chi connectivity index (χ3n) is 2.71. The van der Waals surface area contributed by atoms with Gasteiger partial charge in [-0.25, -0.2) is 0 Å². The second-order valence-electron chi connectivity index (χ2n) is 5.12. The molecule has 0 aliphatic carbocycles. The normalized spacial score (nSPS) is 12.3. The Bertz CT molecular complexity index is 464. The van der Waals surface area contributed by atoms with Crippen molar-refractivity contribution in [2.24, 2.45) is 0 Å². The highest BCUT2D eigenvalue weighted by atomic mass is 79.9. The SMILES string of the molecule is Cc1cc2cc(C(C)(C)C)[nH]c2cc1Br. The molecule has 15 heavy (non-hydrogen) atoms. The number of benzene rings is 1. The summed E-state index contributed by atoms with van der Waals surface area (Å²) in [5.41, 5.74) is 3.95. The quantitative estimate of drug-likeness (QED) is 0.720. The van der Waals surface area contributed by atoms with Crippen molar-refractivity contribution in [2.75, 3.05) is 0 Å². The van der Waals surface area contributed by atoms with Gasteiger partial charge in [0.05, 0.1) is 0 Å². The smallest absolute Gasteiger partial charge is 0.0467 e. The second kappa shape index (κ2) is 3.38. The highest BCUT2D eigenvalue weighted by molar-refractivity contribution is 9.10. The van der Waals surface area contributed by atoms with E-state index in [9.17, 15) is 0 Å². The van der Waals surface area contributed by atoms with Gasteiger partial charge in [0.2, 0.25) is 0 Å². The number of fused-ring (bicyclic) bond motifs is 1. The first-order chi connectivity index (χ1) is 6.88. The Morgan fingerprint density at radius 3 is 2.40 bits per heavy atom. The number of H-pyrrole nitrogens is 1. The van der Waals surface area contributed by atoms with Crippen LogP contribution in [-0.4, -0.2) is 4.98 Å². The Morgan fingerprint density at radius 2 is 1.80 bits per heavy atom. The van der Waals surface area contributed by atoms with E-state index in [4.69, 9.17) is 0 Å². The number of hydrogen-bond donors (Lipinski definition) is 1. The number of nitrogens with one attached hydrogen (secondary N) is 1. The molecule has 0 amide bonds. The van der Waals surface area contributed by atoms with Gasteiger partial charge in [-0.3, -0.25) is 0 Å². The Balaban J connectivity index is 2.66. The molecule has 1 aromatic carbocycles. The van der Waals surface area contributed by atoms with Gasteiger partial charge in [-0.05, 0) is 30.7 Å². The van der Waals surface area contributed by atoms with E-state index in [1.54, 1.807) is 0 Å². The molecule has 0 fully saturated rings. The predicted octanol–water partition coefficient (Wildman–Crippen LogP) is 4.54. The summed E-state index contributed by atoms with van der Waals surface area (Å²) in [6.45, 7) is 8.78. The van der Waals surface area contributed by atoms with Crippen molar-refractivity contribution in [3.05, 3.63) is 33.9 Å². The molecule has 0 unspecified atom stereocenters. The maximum atomic E-state index is 3.56. The Labute approximate surface area is 99.0 Å². The summed E-state index contributed by atoms with van der Waals surface area (Å²) in [5, 5.41) is 1.29. The van der Waals surface area contributed by atoms with E-state index >= 15 is 0 Å². The molecular weight excluding hydrogens is 250 g/mol. The molecule has 0 aliphatic heterocycles. The van der Waals surface area contributed by atoms with E-state index in [2.05, 4.69) is 66.8 Å². The van der Waals surface area contributed by atoms with Gasteiger partial charge in [-0.15, -0.1) is 0 Å². The van der Waals surface area contributed by atoms with Crippen LogP contribution in [0.2, 0.25) is 0 Å². The minimum absolute atomic E-state index is 0.180. The lowest BCUT2D eigenvalue weighted by Crippen LogP contribution is -2.10. The van der Waals surface area contributed by atoms with Crippen molar-refractivity contribution in [3.63, 3.8) is 0 Å². The molecule has 2 aromatic rings. The molecule has 0 atom stereocenters. The molecule has 0 bridgehead atoms. The number of hydrogen-bond acceptors (Lipinski definition) is 0. The second-order valence-corrected chi connectivity index (χ2v) is 5.98. The van der Waals surface area contributed by atoms with Gasteiger partial charge in [-0.1, -0.05) is 36.7 Å². The van der Waals surface area contributed by atoms with Crippen LogP contribution >= 0.6 is 15.9 Å². The van der Waals surface area contributed by atoms with Crippen LogP contribution in [0.5, 0.6) is 0 Å². The summed E-state index contributed by atoms with van der Waals surface area (Å²) < 4.78 is 1.16. The zero-order valence-electron chi connectivity index (χ0n) is 9.61. The molecule has 0 saturated carbocycles. The molecule has 1 nitrogen and oxygen atoms in total. The first kappa shape index (κ1) is 10.7. The topological polar surface area (TPSA) is 15.8 Å². The molecule has 1 N–H and O–H groups in total. The van der Waals surface area contributed by atoms with Crippen molar-refractivity contribution in [1.29, 1.82) is 0 Å². The van der Waals surface area contributed by atoms with E-state index in [0.29, 0.717) is 0 Å². The molecule has 0 saturated heterocycles. The monoisotopic (exact) mass is 265 g/mol. The van der Waals surface area contributed by atoms with Gasteiger partial charge < -0.3 is 4.98 Å². The summed E-state index contributed by atoms with van der Waals surface area (Å²) >= 11 is 3.56. The molecule has 1 heterocycles. The summed E-state index contributed by atoms with van der Waals surface area (Å²) in [6.07, 6.45) is 0. The fourth-order valence-electron chi connectivity index (χ4n) is 1.67. The highest BCUT2D eigenvalue weighted by Crippen LogP contribution is 2.29. The van der Waals surface area contributed by atoms with Crippen LogP contribution in [0.4, 0.5) is 0 Å². The van der Waals surface area contributed by atoms with Crippen LogP contribution < -0.4 is 0 Å². The summed E-state index contributed by atoms with van der Waals surface area (Å²) in [6, 6.07) is 6.61. The fraction of sp³-hybridized carbons (Fsp3) is 0.385. The zero-order chi connectivity index (χ0) is 11.2. The van der Waals surface area contributed by atoms with Gasteiger partial charge in [0.15, 0.2) is 0 Å². The first-order valence-electron chi connectivity index (χ1n) is 5.17. The number of halogens is 1. The Morgan fingerprint density at radius 1 is 1.13 bits per heavy atom. The largest absolute Gasteiger partial charge is 0.358 e. The molecule has 0 radical (unpaired) electrons. The average molecular weight is 266 g/mol. The van der Waals surface area contributed by atoms with Crippen LogP contribution in [0.15, 0.2) is 22.7 Å². The Hall–Kier alpha value is -0.760. The standard InChI is InChI=1S/C13H16BrN/c1-8-5-9-6-12(13(2,3)4)15-11(9)7-10(8)14/h5-7,15H,1-4H3. The molecule has 80 valence electrons. The highest BCUT2D eigenvalue weighted by Gasteiger charge is 2.16. The van der Waals surface area contributed by atoms with Gasteiger partial charge in [0, 0.05) is 26.5 Å². The number of aryl methyl sites for hydroxylation is 1. The van der Waals surface area contributed by atoms with Crippen LogP contribution in [0.25, 0.3) is 10.9 Å². The first-order valence-corrected chi connectivity index (χ1v) is 5.96. The van der Waals surface area contributed by atoms with Crippen LogP contribution in [0.1, 0.15) is 32.0 Å². The zero-order valence-corrected chi connectivity index (χ0v) is 11.2. The minimum atomic E-state index is 0.180. The van der Waals surface area contributed by atoms with Crippen molar-refractivity contribution in [1.82, 2.24) is 4.98 Å². The van der Waals surface area contributed by atoms with E-state index in [1.165, 1.54) is 22.2 Å². The lowest BCUT2D eigenvalue weighted by Gasteiger charge is -2.15. The molecule has 2 heteroatoms. The molecular formula is C13H16BrN. The van der Waals surface area contributed by atoms with E-state index < -0.39 is 0 Å². The average Bonchev–Trinajstić information content (AvgIpc) is 2.47. The van der Waals surface area contributed by atoms with E-state index in [-0.39, 0.29) is 5.41 Å². The van der Waals surface area contributed by atoms with Crippen LogP contribution in [0.3, 0.4) is 0 Å². The third kappa shape index (κ3) is 1.96. The number of aromatic nitrogens is 1. The summed E-state index contributed by atoms with van der Waals surface area (Å²) in [5.74, 6) is 0. The lowest BCUT2D eigenvalue weighted by atomic mass is 9.92. The van der Waals surface area contributed by atoms with Crippen LogP contribution in [-0.2, 0) is 5.41 Å². The van der Waals surface area contributed by atoms with Crippen molar-refractivity contribution >= 4 is 26.8 Å². The van der Waals surface area contributed by atoms with Crippen molar-refractivity contribution < 1.29 is 0 Å².